The molecule has 0 aromatic heterocycles. The molecule has 0 aromatic rings. The third-order valence-electron chi connectivity index (χ3n) is 1.86. The van der Waals surface area contributed by atoms with Crippen molar-refractivity contribution in [3.63, 3.8) is 0 Å². The summed E-state index contributed by atoms with van der Waals surface area (Å²) >= 11 is 0. The Morgan fingerprint density at radius 3 is 1.93 bits per heavy atom. The largest absolute Gasteiger partial charge is 0.392 e. The Kier molecular flexibility index (Phi) is 9.07. The Morgan fingerprint density at radius 1 is 1.13 bits per heavy atom. The average Bonchev–Trinajstić information content (AvgIpc) is 2.26. The standard InChI is InChI=1S/C12H20O3/c1-4-6-14-9-12(11(3)8-13)10-15-7-5-2/h4-5,13H,1-2,6-10H2,3H3. The van der Waals surface area contributed by atoms with E-state index in [4.69, 9.17) is 14.6 Å². The summed E-state index contributed by atoms with van der Waals surface area (Å²) in [6.07, 6.45) is 3.38. The highest BCUT2D eigenvalue weighted by Crippen LogP contribution is 2.05. The second kappa shape index (κ2) is 9.65. The fourth-order valence-electron chi connectivity index (χ4n) is 0.931. The van der Waals surface area contributed by atoms with Crippen LogP contribution in [0.2, 0.25) is 0 Å². The lowest BCUT2D eigenvalue weighted by atomic mass is 10.1. The zero-order valence-corrected chi connectivity index (χ0v) is 9.37. The molecule has 0 unspecified atom stereocenters. The van der Waals surface area contributed by atoms with Gasteiger partial charge in [0.1, 0.15) is 0 Å². The molecule has 3 heteroatoms. The second-order valence-electron chi connectivity index (χ2n) is 3.15. The minimum Gasteiger partial charge on any atom is -0.392 e. The highest BCUT2D eigenvalue weighted by Gasteiger charge is 2.02. The van der Waals surface area contributed by atoms with E-state index < -0.39 is 0 Å². The Balaban J connectivity index is 4.06. The van der Waals surface area contributed by atoms with Crippen LogP contribution in [0.5, 0.6) is 0 Å². The summed E-state index contributed by atoms with van der Waals surface area (Å²) in [5.41, 5.74) is 1.87. The lowest BCUT2D eigenvalue weighted by Gasteiger charge is -2.11. The molecule has 0 spiro atoms. The van der Waals surface area contributed by atoms with E-state index in [1.165, 1.54) is 0 Å². The van der Waals surface area contributed by atoms with E-state index in [2.05, 4.69) is 13.2 Å². The van der Waals surface area contributed by atoms with E-state index in [1.807, 2.05) is 6.92 Å². The van der Waals surface area contributed by atoms with Gasteiger partial charge in [-0.25, -0.2) is 0 Å². The molecule has 15 heavy (non-hydrogen) atoms. The van der Waals surface area contributed by atoms with E-state index in [0.717, 1.165) is 11.1 Å². The van der Waals surface area contributed by atoms with Crippen molar-refractivity contribution in [3.8, 4) is 0 Å². The first-order chi connectivity index (χ1) is 7.26. The molecule has 0 aliphatic heterocycles. The van der Waals surface area contributed by atoms with Crippen LogP contribution in [0, 0.1) is 0 Å². The van der Waals surface area contributed by atoms with Gasteiger partial charge in [-0.3, -0.25) is 0 Å². The van der Waals surface area contributed by atoms with Crippen LogP contribution in [0.25, 0.3) is 0 Å². The van der Waals surface area contributed by atoms with Gasteiger partial charge in [0.25, 0.3) is 0 Å². The molecule has 0 bridgehead atoms. The molecule has 0 aliphatic carbocycles. The zero-order chi connectivity index (χ0) is 11.5. The molecule has 0 atom stereocenters. The summed E-state index contributed by atoms with van der Waals surface area (Å²) in [5.74, 6) is 0. The molecule has 0 amide bonds. The average molecular weight is 212 g/mol. The van der Waals surface area contributed by atoms with Crippen molar-refractivity contribution in [1.29, 1.82) is 0 Å². The third kappa shape index (κ3) is 7.08. The van der Waals surface area contributed by atoms with Crippen LogP contribution in [0.3, 0.4) is 0 Å². The molecule has 0 saturated carbocycles. The molecular weight excluding hydrogens is 192 g/mol. The fraction of sp³-hybridized carbons (Fsp3) is 0.500. The first-order valence-corrected chi connectivity index (χ1v) is 4.91. The molecule has 0 fully saturated rings. The number of hydrogen-bond acceptors (Lipinski definition) is 3. The molecule has 0 rings (SSSR count). The van der Waals surface area contributed by atoms with Crippen LogP contribution in [-0.4, -0.2) is 38.1 Å². The van der Waals surface area contributed by atoms with Gasteiger partial charge in [-0.05, 0) is 18.1 Å². The Labute approximate surface area is 91.7 Å². The summed E-state index contributed by atoms with van der Waals surface area (Å²) in [4.78, 5) is 0. The van der Waals surface area contributed by atoms with Gasteiger partial charge in [-0.2, -0.15) is 0 Å². The fourth-order valence-corrected chi connectivity index (χ4v) is 0.931. The Hall–Kier alpha value is -0.900. The van der Waals surface area contributed by atoms with Crippen LogP contribution in [0.4, 0.5) is 0 Å². The maximum absolute atomic E-state index is 9.01. The molecule has 3 nitrogen and oxygen atoms in total. The summed E-state index contributed by atoms with van der Waals surface area (Å²) in [5, 5.41) is 9.01. The van der Waals surface area contributed by atoms with Gasteiger partial charge < -0.3 is 14.6 Å². The summed E-state index contributed by atoms with van der Waals surface area (Å²) in [6.45, 7) is 11.0. The number of rotatable bonds is 9. The predicted octanol–water partition coefficient (Wildman–Crippen LogP) is 1.70. The quantitative estimate of drug-likeness (QED) is 0.467. The number of hydrogen-bond donors (Lipinski definition) is 1. The highest BCUT2D eigenvalue weighted by atomic mass is 16.5. The van der Waals surface area contributed by atoms with E-state index in [-0.39, 0.29) is 6.61 Å². The van der Waals surface area contributed by atoms with Crippen LogP contribution in [0.15, 0.2) is 36.5 Å². The van der Waals surface area contributed by atoms with Crippen molar-refractivity contribution in [2.75, 3.05) is 33.0 Å². The Bertz CT molecular complexity index is 203. The lowest BCUT2D eigenvalue weighted by molar-refractivity contribution is 0.143. The maximum Gasteiger partial charge on any atom is 0.0706 e. The molecule has 0 heterocycles. The van der Waals surface area contributed by atoms with Gasteiger partial charge in [0.05, 0.1) is 33.0 Å². The molecule has 1 N–H and O–H groups in total. The topological polar surface area (TPSA) is 38.7 Å². The van der Waals surface area contributed by atoms with Crippen molar-refractivity contribution in [3.05, 3.63) is 36.5 Å². The summed E-state index contributed by atoms with van der Waals surface area (Å²) in [7, 11) is 0. The van der Waals surface area contributed by atoms with Gasteiger partial charge in [0.2, 0.25) is 0 Å². The molecule has 0 aromatic carbocycles. The molecule has 0 saturated heterocycles. The molecule has 0 aliphatic rings. The minimum absolute atomic E-state index is 0.0320. The third-order valence-corrected chi connectivity index (χ3v) is 1.86. The Morgan fingerprint density at radius 2 is 1.60 bits per heavy atom. The van der Waals surface area contributed by atoms with Gasteiger partial charge in [0.15, 0.2) is 0 Å². The maximum atomic E-state index is 9.01. The van der Waals surface area contributed by atoms with Crippen LogP contribution >= 0.6 is 0 Å². The lowest BCUT2D eigenvalue weighted by Crippen LogP contribution is -2.09. The first-order valence-electron chi connectivity index (χ1n) is 4.91. The highest BCUT2D eigenvalue weighted by molar-refractivity contribution is 5.13. The van der Waals surface area contributed by atoms with Crippen molar-refractivity contribution < 1.29 is 14.6 Å². The molecule has 0 radical (unpaired) electrons. The smallest absolute Gasteiger partial charge is 0.0706 e. The monoisotopic (exact) mass is 212 g/mol. The second-order valence-corrected chi connectivity index (χ2v) is 3.15. The molecular formula is C12H20O3. The predicted molar refractivity (Wildman–Crippen MR) is 61.8 cm³/mol. The summed E-state index contributed by atoms with van der Waals surface area (Å²) in [6, 6.07) is 0. The van der Waals surface area contributed by atoms with Crippen molar-refractivity contribution >= 4 is 0 Å². The van der Waals surface area contributed by atoms with Crippen LogP contribution in [-0.2, 0) is 9.47 Å². The van der Waals surface area contributed by atoms with Gasteiger partial charge in [-0.1, -0.05) is 12.2 Å². The molecule has 86 valence electrons. The number of aliphatic hydroxyl groups excluding tert-OH is 1. The van der Waals surface area contributed by atoms with Gasteiger partial charge in [0, 0.05) is 0 Å². The van der Waals surface area contributed by atoms with E-state index >= 15 is 0 Å². The van der Waals surface area contributed by atoms with E-state index in [9.17, 15) is 0 Å². The zero-order valence-electron chi connectivity index (χ0n) is 9.37. The van der Waals surface area contributed by atoms with Crippen molar-refractivity contribution in [1.82, 2.24) is 0 Å². The summed E-state index contributed by atoms with van der Waals surface area (Å²) < 4.78 is 10.6. The number of aliphatic hydroxyl groups is 1. The van der Waals surface area contributed by atoms with E-state index in [1.54, 1.807) is 12.2 Å². The van der Waals surface area contributed by atoms with Crippen molar-refractivity contribution in [2.45, 2.75) is 6.92 Å². The van der Waals surface area contributed by atoms with Gasteiger partial charge in [-0.15, -0.1) is 13.2 Å². The van der Waals surface area contributed by atoms with E-state index in [0.29, 0.717) is 26.4 Å². The van der Waals surface area contributed by atoms with Crippen LogP contribution in [0.1, 0.15) is 6.92 Å². The van der Waals surface area contributed by atoms with Gasteiger partial charge >= 0.3 is 0 Å². The number of ether oxygens (including phenoxy) is 2. The SMILES string of the molecule is C=CCOCC(COCC=C)=C(C)CO. The normalized spacial score (nSPS) is 9.73. The first kappa shape index (κ1) is 14.1. The van der Waals surface area contributed by atoms with Crippen molar-refractivity contribution in [2.24, 2.45) is 0 Å². The minimum atomic E-state index is 0.0320. The van der Waals surface area contributed by atoms with Crippen LogP contribution < -0.4 is 0 Å².